The molecule has 2 aromatic carbocycles. The lowest BCUT2D eigenvalue weighted by molar-refractivity contribution is 0.188. The third-order valence-corrected chi connectivity index (χ3v) is 2.88. The zero-order chi connectivity index (χ0) is 14.4. The van der Waals surface area contributed by atoms with Crippen LogP contribution in [0, 0.1) is 0 Å². The van der Waals surface area contributed by atoms with Crippen LogP contribution in [0.2, 0.25) is 0 Å². The third-order valence-electron chi connectivity index (χ3n) is 2.88. The number of carbonyl (C=O) groups is 1. The second-order valence-electron chi connectivity index (χ2n) is 5.37. The van der Waals surface area contributed by atoms with E-state index in [1.807, 2.05) is 62.4 Å². The molecule has 0 bridgehead atoms. The van der Waals surface area contributed by atoms with E-state index in [0.717, 1.165) is 6.42 Å². The SMILES string of the molecule is CC(C)(Cc1ccccc1)NC(=O)Oc1ccccc1. The molecule has 20 heavy (non-hydrogen) atoms. The van der Waals surface area contributed by atoms with Gasteiger partial charge in [0.15, 0.2) is 0 Å². The fourth-order valence-electron chi connectivity index (χ4n) is 2.05. The number of ether oxygens (including phenoxy) is 1. The first-order valence-corrected chi connectivity index (χ1v) is 6.64. The van der Waals surface area contributed by atoms with Crippen molar-refractivity contribution >= 4 is 6.09 Å². The second-order valence-corrected chi connectivity index (χ2v) is 5.37. The Kier molecular flexibility index (Phi) is 4.41. The number of benzene rings is 2. The summed E-state index contributed by atoms with van der Waals surface area (Å²) in [4.78, 5) is 11.9. The van der Waals surface area contributed by atoms with E-state index in [9.17, 15) is 4.79 Å². The van der Waals surface area contributed by atoms with E-state index in [1.165, 1.54) is 5.56 Å². The van der Waals surface area contributed by atoms with Crippen LogP contribution in [0.5, 0.6) is 5.75 Å². The van der Waals surface area contributed by atoms with Crippen LogP contribution in [0.1, 0.15) is 19.4 Å². The van der Waals surface area contributed by atoms with Crippen molar-refractivity contribution in [1.29, 1.82) is 0 Å². The Morgan fingerprint density at radius 2 is 1.55 bits per heavy atom. The van der Waals surface area contributed by atoms with Crippen LogP contribution < -0.4 is 10.1 Å². The van der Waals surface area contributed by atoms with Gasteiger partial charge in [0.25, 0.3) is 0 Å². The van der Waals surface area contributed by atoms with Crippen molar-refractivity contribution in [2.75, 3.05) is 0 Å². The molecule has 0 spiro atoms. The molecule has 1 N–H and O–H groups in total. The van der Waals surface area contributed by atoms with E-state index >= 15 is 0 Å². The summed E-state index contributed by atoms with van der Waals surface area (Å²) in [6.07, 6.45) is 0.315. The van der Waals surface area contributed by atoms with E-state index < -0.39 is 6.09 Å². The van der Waals surface area contributed by atoms with E-state index in [2.05, 4.69) is 5.32 Å². The van der Waals surface area contributed by atoms with Crippen molar-refractivity contribution in [2.24, 2.45) is 0 Å². The molecule has 0 aliphatic carbocycles. The van der Waals surface area contributed by atoms with Gasteiger partial charge in [-0.25, -0.2) is 4.79 Å². The Labute approximate surface area is 119 Å². The highest BCUT2D eigenvalue weighted by Gasteiger charge is 2.21. The lowest BCUT2D eigenvalue weighted by Crippen LogP contribution is -2.46. The highest BCUT2D eigenvalue weighted by Crippen LogP contribution is 2.14. The molecule has 0 aromatic heterocycles. The molecule has 0 unspecified atom stereocenters. The molecule has 0 radical (unpaired) electrons. The van der Waals surface area contributed by atoms with Gasteiger partial charge >= 0.3 is 6.09 Å². The first-order valence-electron chi connectivity index (χ1n) is 6.64. The van der Waals surface area contributed by atoms with Gasteiger partial charge in [0, 0.05) is 5.54 Å². The Hall–Kier alpha value is -2.29. The molecule has 104 valence electrons. The monoisotopic (exact) mass is 269 g/mol. The molecule has 0 heterocycles. The van der Waals surface area contributed by atoms with Gasteiger partial charge < -0.3 is 10.1 Å². The van der Waals surface area contributed by atoms with E-state index in [0.29, 0.717) is 5.75 Å². The minimum Gasteiger partial charge on any atom is -0.410 e. The number of carbonyl (C=O) groups excluding carboxylic acids is 1. The maximum Gasteiger partial charge on any atom is 0.413 e. The molecule has 3 heteroatoms. The molecule has 3 nitrogen and oxygen atoms in total. The van der Waals surface area contributed by atoms with Crippen molar-refractivity contribution < 1.29 is 9.53 Å². The number of hydrogen-bond acceptors (Lipinski definition) is 2. The minimum atomic E-state index is -0.433. The predicted octanol–water partition coefficient (Wildman–Crippen LogP) is 3.80. The molecular formula is C17H19NO2. The topological polar surface area (TPSA) is 38.3 Å². The second kappa shape index (κ2) is 6.24. The first-order chi connectivity index (χ1) is 9.55. The van der Waals surface area contributed by atoms with Crippen LogP contribution in [-0.4, -0.2) is 11.6 Å². The van der Waals surface area contributed by atoms with Crippen molar-refractivity contribution in [3.63, 3.8) is 0 Å². The Bertz CT molecular complexity index is 550. The lowest BCUT2D eigenvalue weighted by atomic mass is 9.95. The van der Waals surface area contributed by atoms with Gasteiger partial charge in [-0.3, -0.25) is 0 Å². The van der Waals surface area contributed by atoms with Gasteiger partial charge in [-0.2, -0.15) is 0 Å². The number of rotatable bonds is 4. The maximum absolute atomic E-state index is 11.9. The number of para-hydroxylation sites is 1. The zero-order valence-electron chi connectivity index (χ0n) is 11.8. The zero-order valence-corrected chi connectivity index (χ0v) is 11.8. The first kappa shape index (κ1) is 14.1. The van der Waals surface area contributed by atoms with Crippen LogP contribution in [0.3, 0.4) is 0 Å². The fraction of sp³-hybridized carbons (Fsp3) is 0.235. The highest BCUT2D eigenvalue weighted by molar-refractivity contribution is 5.71. The summed E-state index contributed by atoms with van der Waals surface area (Å²) in [6.45, 7) is 3.96. The average Bonchev–Trinajstić information content (AvgIpc) is 2.39. The largest absolute Gasteiger partial charge is 0.413 e. The van der Waals surface area contributed by atoms with Gasteiger partial charge in [0.1, 0.15) is 5.75 Å². The van der Waals surface area contributed by atoms with Gasteiger partial charge in [0.2, 0.25) is 0 Å². The van der Waals surface area contributed by atoms with Crippen molar-refractivity contribution in [1.82, 2.24) is 5.32 Å². The summed E-state index contributed by atoms with van der Waals surface area (Å²) in [7, 11) is 0. The summed E-state index contributed by atoms with van der Waals surface area (Å²) >= 11 is 0. The number of hydrogen-bond donors (Lipinski definition) is 1. The van der Waals surface area contributed by atoms with E-state index in [1.54, 1.807) is 12.1 Å². The smallest absolute Gasteiger partial charge is 0.410 e. The highest BCUT2D eigenvalue weighted by atomic mass is 16.6. The molecule has 0 fully saturated rings. The van der Waals surface area contributed by atoms with Crippen molar-refractivity contribution in [3.8, 4) is 5.75 Å². The minimum absolute atomic E-state index is 0.368. The molecular weight excluding hydrogens is 250 g/mol. The summed E-state index contributed by atoms with van der Waals surface area (Å²) in [5, 5.41) is 2.89. The van der Waals surface area contributed by atoms with Gasteiger partial charge in [-0.05, 0) is 38.0 Å². The molecule has 0 atom stereocenters. The Morgan fingerprint density at radius 1 is 1.00 bits per heavy atom. The maximum atomic E-state index is 11.9. The average molecular weight is 269 g/mol. The van der Waals surface area contributed by atoms with Gasteiger partial charge in [-0.1, -0.05) is 48.5 Å². The van der Waals surface area contributed by atoms with E-state index in [4.69, 9.17) is 4.74 Å². The summed E-state index contributed by atoms with van der Waals surface area (Å²) < 4.78 is 5.24. The fourth-order valence-corrected chi connectivity index (χ4v) is 2.05. The lowest BCUT2D eigenvalue weighted by Gasteiger charge is -2.25. The third kappa shape index (κ3) is 4.43. The molecule has 0 aliphatic heterocycles. The molecule has 0 aliphatic rings. The van der Waals surface area contributed by atoms with Crippen LogP contribution in [0.15, 0.2) is 60.7 Å². The predicted molar refractivity (Wildman–Crippen MR) is 79.8 cm³/mol. The summed E-state index contributed by atoms with van der Waals surface area (Å²) in [5.74, 6) is 0.542. The molecule has 2 rings (SSSR count). The van der Waals surface area contributed by atoms with Crippen LogP contribution in [0.4, 0.5) is 4.79 Å². The summed E-state index contributed by atoms with van der Waals surface area (Å²) in [5.41, 5.74) is 0.810. The van der Waals surface area contributed by atoms with Crippen LogP contribution in [0.25, 0.3) is 0 Å². The van der Waals surface area contributed by atoms with Crippen LogP contribution >= 0.6 is 0 Å². The standard InChI is InChI=1S/C17H19NO2/c1-17(2,13-14-9-5-3-6-10-14)18-16(19)20-15-11-7-4-8-12-15/h3-12H,13H2,1-2H3,(H,18,19). The number of amides is 1. The molecule has 0 saturated heterocycles. The van der Waals surface area contributed by atoms with Gasteiger partial charge in [0.05, 0.1) is 0 Å². The van der Waals surface area contributed by atoms with Gasteiger partial charge in [-0.15, -0.1) is 0 Å². The molecule has 0 saturated carbocycles. The van der Waals surface area contributed by atoms with Crippen molar-refractivity contribution in [3.05, 3.63) is 66.2 Å². The normalized spacial score (nSPS) is 10.9. The number of nitrogens with one attached hydrogen (secondary N) is 1. The van der Waals surface area contributed by atoms with Crippen LogP contribution in [-0.2, 0) is 6.42 Å². The van der Waals surface area contributed by atoms with Crippen molar-refractivity contribution in [2.45, 2.75) is 25.8 Å². The van der Waals surface area contributed by atoms with E-state index in [-0.39, 0.29) is 5.54 Å². The Balaban J connectivity index is 1.92. The quantitative estimate of drug-likeness (QED) is 0.917. The summed E-state index contributed by atoms with van der Waals surface area (Å²) in [6, 6.07) is 19.1. The molecule has 1 amide bonds. The Morgan fingerprint density at radius 3 is 2.15 bits per heavy atom. The molecule has 2 aromatic rings.